The van der Waals surface area contributed by atoms with Gasteiger partial charge >= 0.3 is 0 Å². The number of hydrogen-bond acceptors (Lipinski definition) is 10. The van der Waals surface area contributed by atoms with E-state index in [2.05, 4.69) is 31.3 Å². The van der Waals surface area contributed by atoms with Crippen LogP contribution in [0.15, 0.2) is 12.2 Å². The highest BCUT2D eigenvalue weighted by atomic mass is 16.7. The summed E-state index contributed by atoms with van der Waals surface area (Å²) in [5, 5.41) is 76.1. The predicted molar refractivity (Wildman–Crippen MR) is 275 cm³/mol. The second-order valence-corrected chi connectivity index (χ2v) is 20.4. The first-order valence-electron chi connectivity index (χ1n) is 28.6. The third-order valence-corrected chi connectivity index (χ3v) is 14.1. The lowest BCUT2D eigenvalue weighted by molar-refractivity contribution is -0.303. The van der Waals surface area contributed by atoms with E-state index in [1.165, 1.54) is 180 Å². The van der Waals surface area contributed by atoms with E-state index in [9.17, 15) is 40.5 Å². The lowest BCUT2D eigenvalue weighted by Gasteiger charge is -2.40. The van der Waals surface area contributed by atoms with Gasteiger partial charge in [0.1, 0.15) is 36.6 Å². The Morgan fingerprint density at radius 3 is 1.25 bits per heavy atom. The zero-order valence-corrected chi connectivity index (χ0v) is 43.4. The maximum atomic E-state index is 13.2. The van der Waals surface area contributed by atoms with Crippen LogP contribution in [0.3, 0.4) is 0 Å². The van der Waals surface area contributed by atoms with Crippen LogP contribution >= 0.6 is 0 Å². The van der Waals surface area contributed by atoms with Crippen LogP contribution in [-0.2, 0) is 14.3 Å². The minimum absolute atomic E-state index is 0.256. The molecule has 9 unspecified atom stereocenters. The van der Waals surface area contributed by atoms with E-state index < -0.39 is 74.2 Å². The average molecular weight is 956 g/mol. The van der Waals surface area contributed by atoms with E-state index in [0.717, 1.165) is 51.4 Å². The van der Waals surface area contributed by atoms with Crippen LogP contribution in [0.4, 0.5) is 0 Å². The topological polar surface area (TPSA) is 189 Å². The van der Waals surface area contributed by atoms with Crippen molar-refractivity contribution in [3.63, 3.8) is 0 Å². The summed E-state index contributed by atoms with van der Waals surface area (Å²) in [5.41, 5.74) is 0. The second-order valence-electron chi connectivity index (χ2n) is 20.4. The molecule has 0 bridgehead atoms. The molecule has 11 heteroatoms. The monoisotopic (exact) mass is 956 g/mol. The van der Waals surface area contributed by atoms with E-state index in [-0.39, 0.29) is 6.42 Å². The molecular formula is C56H109NO10. The van der Waals surface area contributed by atoms with Crippen molar-refractivity contribution in [1.82, 2.24) is 5.32 Å². The van der Waals surface area contributed by atoms with E-state index in [1.807, 2.05) is 0 Å². The zero-order chi connectivity index (χ0) is 49.0. The van der Waals surface area contributed by atoms with Crippen molar-refractivity contribution >= 4 is 5.91 Å². The van der Waals surface area contributed by atoms with Gasteiger partial charge in [0.15, 0.2) is 6.29 Å². The van der Waals surface area contributed by atoms with E-state index in [4.69, 9.17) is 9.47 Å². The molecule has 1 rings (SSSR count). The summed E-state index contributed by atoms with van der Waals surface area (Å²) in [4.78, 5) is 13.2. The summed E-state index contributed by atoms with van der Waals surface area (Å²) < 4.78 is 11.1. The van der Waals surface area contributed by atoms with Gasteiger partial charge in [0.2, 0.25) is 5.91 Å². The number of allylic oxidation sites excluding steroid dienone is 2. The molecule has 0 radical (unpaired) electrons. The molecule has 9 atom stereocenters. The number of unbranched alkanes of at least 4 members (excludes halogenated alkanes) is 35. The number of amides is 1. The minimum Gasteiger partial charge on any atom is -0.394 e. The second kappa shape index (κ2) is 46.0. The van der Waals surface area contributed by atoms with Gasteiger partial charge in [0, 0.05) is 0 Å². The maximum Gasteiger partial charge on any atom is 0.249 e. The van der Waals surface area contributed by atoms with Crippen LogP contribution in [0.2, 0.25) is 0 Å². The number of carbonyl (C=O) groups excluding carboxylic acids is 1. The molecule has 1 fully saturated rings. The molecule has 0 spiro atoms. The zero-order valence-electron chi connectivity index (χ0n) is 43.4. The molecule has 0 aromatic carbocycles. The summed E-state index contributed by atoms with van der Waals surface area (Å²) in [6.07, 6.45) is 41.1. The standard InChI is InChI=1S/C56H109NO10/c1-3-5-7-9-11-13-15-17-19-21-23-25-27-29-31-33-35-37-39-41-43-48(59)51(61)47(46-66-56-54(64)53(63)52(62)50(45-58)67-56)57-55(65)49(60)44-42-40-38-36-34-32-30-28-26-24-22-20-18-16-14-12-10-8-6-4-2/h26,28,47-54,56,58-64H,3-25,27,29-46H2,1-2H3,(H,57,65)/b28-26-. The molecule has 0 saturated carbocycles. The fourth-order valence-corrected chi connectivity index (χ4v) is 9.38. The molecule has 0 aromatic rings. The normalized spacial score (nSPS) is 20.6. The van der Waals surface area contributed by atoms with Gasteiger partial charge in [-0.3, -0.25) is 4.79 Å². The van der Waals surface area contributed by atoms with E-state index in [0.29, 0.717) is 19.3 Å². The van der Waals surface area contributed by atoms with Gasteiger partial charge in [-0.1, -0.05) is 244 Å². The minimum atomic E-state index is -1.66. The molecule has 1 amide bonds. The average Bonchev–Trinajstić information content (AvgIpc) is 3.33. The van der Waals surface area contributed by atoms with Crippen molar-refractivity contribution in [2.24, 2.45) is 0 Å². The first kappa shape index (κ1) is 63.9. The highest BCUT2D eigenvalue weighted by Gasteiger charge is 2.44. The first-order valence-corrected chi connectivity index (χ1v) is 28.6. The summed E-state index contributed by atoms with van der Waals surface area (Å²) in [7, 11) is 0. The summed E-state index contributed by atoms with van der Waals surface area (Å²) in [5.74, 6) is -0.697. The van der Waals surface area contributed by atoms with E-state index >= 15 is 0 Å². The third kappa shape index (κ3) is 34.8. The van der Waals surface area contributed by atoms with Crippen molar-refractivity contribution in [1.29, 1.82) is 0 Å². The molecule has 398 valence electrons. The van der Waals surface area contributed by atoms with Crippen LogP contribution in [-0.4, -0.2) is 110 Å². The smallest absolute Gasteiger partial charge is 0.249 e. The van der Waals surface area contributed by atoms with Gasteiger partial charge in [-0.15, -0.1) is 0 Å². The lowest BCUT2D eigenvalue weighted by atomic mass is 9.98. The number of rotatable bonds is 49. The SMILES string of the molecule is CCCCCCCCCCCC/C=C\CCCCCCCCC(O)C(=O)NC(COC1OC(CO)C(O)C(O)C1O)C(O)C(O)CCCCCCCCCCCCCCCCCCCCCC. The fourth-order valence-electron chi connectivity index (χ4n) is 9.38. The molecule has 1 heterocycles. The predicted octanol–water partition coefficient (Wildman–Crippen LogP) is 11.6. The Morgan fingerprint density at radius 2 is 0.866 bits per heavy atom. The van der Waals surface area contributed by atoms with Crippen molar-refractivity contribution in [2.45, 2.75) is 326 Å². The van der Waals surface area contributed by atoms with Gasteiger partial charge < -0.3 is 50.5 Å². The molecule has 8 N–H and O–H groups in total. The molecule has 1 saturated heterocycles. The van der Waals surface area contributed by atoms with Gasteiger partial charge in [0.25, 0.3) is 0 Å². The van der Waals surface area contributed by atoms with Crippen molar-refractivity contribution < 1.29 is 50.0 Å². The van der Waals surface area contributed by atoms with Crippen LogP contribution in [0.1, 0.15) is 271 Å². The van der Waals surface area contributed by atoms with Gasteiger partial charge in [-0.05, 0) is 38.5 Å². The molecule has 0 aromatic heterocycles. The highest BCUT2D eigenvalue weighted by Crippen LogP contribution is 2.23. The Hall–Kier alpha value is -1.15. The Balaban J connectivity index is 2.33. The number of nitrogens with one attached hydrogen (secondary N) is 1. The molecule has 11 nitrogen and oxygen atoms in total. The Kier molecular flexibility index (Phi) is 43.8. The Labute approximate surface area is 411 Å². The number of aliphatic hydroxyl groups excluding tert-OH is 7. The summed E-state index contributed by atoms with van der Waals surface area (Å²) in [6, 6.07) is -1.17. The number of hydrogen-bond donors (Lipinski definition) is 8. The van der Waals surface area contributed by atoms with Crippen LogP contribution in [0.25, 0.3) is 0 Å². The summed E-state index contributed by atoms with van der Waals surface area (Å²) >= 11 is 0. The number of ether oxygens (including phenoxy) is 2. The molecule has 1 aliphatic rings. The largest absolute Gasteiger partial charge is 0.394 e. The quantitative estimate of drug-likeness (QED) is 0.0215. The molecule has 0 aliphatic carbocycles. The van der Waals surface area contributed by atoms with Crippen molar-refractivity contribution in [2.75, 3.05) is 13.2 Å². The number of aliphatic hydroxyl groups is 7. The van der Waals surface area contributed by atoms with Gasteiger partial charge in [0.05, 0.1) is 25.4 Å². The fraction of sp³-hybridized carbons (Fsp3) is 0.946. The summed E-state index contributed by atoms with van der Waals surface area (Å²) in [6.45, 7) is 3.48. The van der Waals surface area contributed by atoms with Gasteiger partial charge in [-0.2, -0.15) is 0 Å². The van der Waals surface area contributed by atoms with Gasteiger partial charge in [-0.25, -0.2) is 0 Å². The van der Waals surface area contributed by atoms with Crippen molar-refractivity contribution in [3.8, 4) is 0 Å². The van der Waals surface area contributed by atoms with Crippen molar-refractivity contribution in [3.05, 3.63) is 12.2 Å². The lowest BCUT2D eigenvalue weighted by Crippen LogP contribution is -2.60. The van der Waals surface area contributed by atoms with Crippen LogP contribution < -0.4 is 5.32 Å². The molecule has 67 heavy (non-hydrogen) atoms. The molecule has 1 aliphatic heterocycles. The third-order valence-electron chi connectivity index (χ3n) is 14.1. The molecular weight excluding hydrogens is 847 g/mol. The Morgan fingerprint density at radius 1 is 0.507 bits per heavy atom. The van der Waals surface area contributed by atoms with E-state index in [1.54, 1.807) is 0 Å². The first-order chi connectivity index (χ1) is 32.7. The van der Waals surface area contributed by atoms with Crippen LogP contribution in [0, 0.1) is 0 Å². The number of carbonyl (C=O) groups is 1. The highest BCUT2D eigenvalue weighted by molar-refractivity contribution is 5.80. The van der Waals surface area contributed by atoms with Crippen LogP contribution in [0.5, 0.6) is 0 Å². The maximum absolute atomic E-state index is 13.2. The Bertz CT molecular complexity index is 1100.